The summed E-state index contributed by atoms with van der Waals surface area (Å²) in [6.07, 6.45) is 2.12. The highest BCUT2D eigenvalue weighted by Crippen LogP contribution is 2.20. The zero-order chi connectivity index (χ0) is 8.27. The first-order chi connectivity index (χ1) is 5.27. The van der Waals surface area contributed by atoms with Crippen LogP contribution >= 0.6 is 0 Å². The molecule has 0 radical (unpaired) electrons. The summed E-state index contributed by atoms with van der Waals surface area (Å²) in [6, 6.07) is 0.635. The number of aliphatic hydroxyl groups is 1. The summed E-state index contributed by atoms with van der Waals surface area (Å²) in [6.45, 7) is 7.28. The molecule has 0 amide bonds. The molecule has 1 fully saturated rings. The number of hydrogen-bond donors (Lipinski definition) is 1. The summed E-state index contributed by atoms with van der Waals surface area (Å²) in [5.74, 6) is 0.878. The molecule has 1 unspecified atom stereocenters. The lowest BCUT2D eigenvalue weighted by molar-refractivity contribution is 0.0472. The van der Waals surface area contributed by atoms with E-state index in [1.165, 1.54) is 19.5 Å². The molecule has 11 heavy (non-hydrogen) atoms. The number of aliphatic hydroxyl groups excluding tert-OH is 1. The molecule has 66 valence electrons. The second kappa shape index (κ2) is 4.07. The zero-order valence-electron chi connectivity index (χ0n) is 7.58. The van der Waals surface area contributed by atoms with Gasteiger partial charge in [0.1, 0.15) is 0 Å². The molecular weight excluding hydrogens is 138 g/mol. The first-order valence-electron chi connectivity index (χ1n) is 4.62. The van der Waals surface area contributed by atoms with E-state index >= 15 is 0 Å². The fraction of sp³-hybridized carbons (Fsp3) is 1.00. The van der Waals surface area contributed by atoms with E-state index in [9.17, 15) is 0 Å². The van der Waals surface area contributed by atoms with Crippen LogP contribution in [0.2, 0.25) is 0 Å². The van der Waals surface area contributed by atoms with Gasteiger partial charge in [-0.3, -0.25) is 4.90 Å². The number of nitrogens with zero attached hydrogens (tertiary/aromatic N) is 1. The average Bonchev–Trinajstić information content (AvgIpc) is 1.95. The minimum Gasteiger partial charge on any atom is -0.396 e. The van der Waals surface area contributed by atoms with Crippen molar-refractivity contribution in [3.05, 3.63) is 0 Å². The Balaban J connectivity index is 2.20. The van der Waals surface area contributed by atoms with Crippen LogP contribution in [0.3, 0.4) is 0 Å². The SMILES string of the molecule is CCC(CCO)N1CC(C)C1. The van der Waals surface area contributed by atoms with Crippen LogP contribution in [0.15, 0.2) is 0 Å². The lowest BCUT2D eigenvalue weighted by atomic mass is 9.97. The van der Waals surface area contributed by atoms with Gasteiger partial charge in [0.15, 0.2) is 0 Å². The van der Waals surface area contributed by atoms with Gasteiger partial charge in [-0.1, -0.05) is 13.8 Å². The lowest BCUT2D eigenvalue weighted by Gasteiger charge is -2.42. The third kappa shape index (κ3) is 2.17. The van der Waals surface area contributed by atoms with Crippen molar-refractivity contribution < 1.29 is 5.11 Å². The van der Waals surface area contributed by atoms with Crippen LogP contribution in [0.4, 0.5) is 0 Å². The van der Waals surface area contributed by atoms with Gasteiger partial charge < -0.3 is 5.11 Å². The molecular formula is C9H19NO. The second-order valence-corrected chi connectivity index (χ2v) is 3.63. The van der Waals surface area contributed by atoms with Gasteiger partial charge in [0.25, 0.3) is 0 Å². The van der Waals surface area contributed by atoms with Crippen molar-refractivity contribution in [2.45, 2.75) is 32.7 Å². The third-order valence-electron chi connectivity index (χ3n) is 2.54. The minimum absolute atomic E-state index is 0.337. The van der Waals surface area contributed by atoms with Crippen LogP contribution < -0.4 is 0 Å². The van der Waals surface area contributed by atoms with Crippen molar-refractivity contribution >= 4 is 0 Å². The molecule has 0 saturated carbocycles. The summed E-state index contributed by atoms with van der Waals surface area (Å²) >= 11 is 0. The van der Waals surface area contributed by atoms with Crippen LogP contribution in [0, 0.1) is 5.92 Å². The Hall–Kier alpha value is -0.0800. The van der Waals surface area contributed by atoms with E-state index in [-0.39, 0.29) is 0 Å². The van der Waals surface area contributed by atoms with E-state index in [1.807, 2.05) is 0 Å². The fourth-order valence-electron chi connectivity index (χ4n) is 1.84. The molecule has 2 heteroatoms. The van der Waals surface area contributed by atoms with Crippen LogP contribution in [0.5, 0.6) is 0 Å². The summed E-state index contributed by atoms with van der Waals surface area (Å²) in [7, 11) is 0. The van der Waals surface area contributed by atoms with Gasteiger partial charge in [0.05, 0.1) is 0 Å². The molecule has 0 aromatic heterocycles. The zero-order valence-corrected chi connectivity index (χ0v) is 7.58. The van der Waals surface area contributed by atoms with Crippen molar-refractivity contribution in [1.29, 1.82) is 0 Å². The molecule has 0 spiro atoms. The first kappa shape index (κ1) is 9.01. The van der Waals surface area contributed by atoms with E-state index in [4.69, 9.17) is 5.11 Å². The average molecular weight is 157 g/mol. The molecule has 1 rings (SSSR count). The van der Waals surface area contributed by atoms with Gasteiger partial charge in [0.2, 0.25) is 0 Å². The quantitative estimate of drug-likeness (QED) is 0.660. The fourth-order valence-corrected chi connectivity index (χ4v) is 1.84. The molecule has 1 heterocycles. The number of rotatable bonds is 4. The monoisotopic (exact) mass is 157 g/mol. The smallest absolute Gasteiger partial charge is 0.0445 e. The standard InChI is InChI=1S/C9H19NO/c1-3-9(4-5-11)10-6-8(2)7-10/h8-9,11H,3-7H2,1-2H3. The van der Waals surface area contributed by atoms with Gasteiger partial charge in [-0.2, -0.15) is 0 Å². The van der Waals surface area contributed by atoms with Gasteiger partial charge in [-0.15, -0.1) is 0 Å². The maximum absolute atomic E-state index is 8.78. The van der Waals surface area contributed by atoms with E-state index < -0.39 is 0 Å². The lowest BCUT2D eigenvalue weighted by Crippen LogP contribution is -2.50. The van der Waals surface area contributed by atoms with E-state index in [0.717, 1.165) is 12.3 Å². The van der Waals surface area contributed by atoms with Crippen molar-refractivity contribution in [1.82, 2.24) is 4.90 Å². The molecule has 1 aliphatic heterocycles. The molecule has 0 bridgehead atoms. The molecule has 0 aromatic rings. The Morgan fingerprint density at radius 1 is 1.55 bits per heavy atom. The van der Waals surface area contributed by atoms with Gasteiger partial charge in [-0.05, 0) is 18.8 Å². The van der Waals surface area contributed by atoms with Crippen LogP contribution in [-0.4, -0.2) is 35.7 Å². The summed E-state index contributed by atoms with van der Waals surface area (Å²) in [5, 5.41) is 8.78. The first-order valence-corrected chi connectivity index (χ1v) is 4.62. The minimum atomic E-state index is 0.337. The molecule has 1 N–H and O–H groups in total. The Bertz CT molecular complexity index is 110. The summed E-state index contributed by atoms with van der Waals surface area (Å²) < 4.78 is 0. The largest absolute Gasteiger partial charge is 0.396 e. The van der Waals surface area contributed by atoms with Crippen molar-refractivity contribution in [2.75, 3.05) is 19.7 Å². The van der Waals surface area contributed by atoms with Gasteiger partial charge in [0, 0.05) is 25.7 Å². The van der Waals surface area contributed by atoms with Crippen LogP contribution in [-0.2, 0) is 0 Å². The Morgan fingerprint density at radius 2 is 2.18 bits per heavy atom. The van der Waals surface area contributed by atoms with Gasteiger partial charge >= 0.3 is 0 Å². The van der Waals surface area contributed by atoms with Crippen molar-refractivity contribution in [3.8, 4) is 0 Å². The topological polar surface area (TPSA) is 23.5 Å². The Morgan fingerprint density at radius 3 is 2.55 bits per heavy atom. The Kier molecular flexibility index (Phi) is 3.34. The summed E-state index contributed by atoms with van der Waals surface area (Å²) in [5.41, 5.74) is 0. The predicted octanol–water partition coefficient (Wildman–Crippen LogP) is 1.10. The van der Waals surface area contributed by atoms with E-state index in [1.54, 1.807) is 0 Å². The third-order valence-corrected chi connectivity index (χ3v) is 2.54. The van der Waals surface area contributed by atoms with Crippen molar-refractivity contribution in [3.63, 3.8) is 0 Å². The summed E-state index contributed by atoms with van der Waals surface area (Å²) in [4.78, 5) is 2.47. The maximum Gasteiger partial charge on any atom is 0.0445 e. The highest BCUT2D eigenvalue weighted by atomic mass is 16.3. The molecule has 0 aromatic carbocycles. The highest BCUT2D eigenvalue weighted by molar-refractivity contribution is 4.82. The predicted molar refractivity (Wildman–Crippen MR) is 46.5 cm³/mol. The van der Waals surface area contributed by atoms with Gasteiger partial charge in [-0.25, -0.2) is 0 Å². The molecule has 1 atom stereocenters. The van der Waals surface area contributed by atoms with Crippen molar-refractivity contribution in [2.24, 2.45) is 5.92 Å². The Labute approximate surface area is 69.2 Å². The molecule has 1 aliphatic rings. The van der Waals surface area contributed by atoms with E-state index in [0.29, 0.717) is 12.6 Å². The molecule has 1 saturated heterocycles. The molecule has 2 nitrogen and oxygen atoms in total. The van der Waals surface area contributed by atoms with E-state index in [2.05, 4.69) is 18.7 Å². The normalized spacial score (nSPS) is 23.2. The molecule has 0 aliphatic carbocycles. The maximum atomic E-state index is 8.78. The highest BCUT2D eigenvalue weighted by Gasteiger charge is 2.27. The number of likely N-dealkylation sites (tertiary alicyclic amines) is 1. The van der Waals surface area contributed by atoms with Crippen LogP contribution in [0.25, 0.3) is 0 Å². The second-order valence-electron chi connectivity index (χ2n) is 3.63. The van der Waals surface area contributed by atoms with Crippen LogP contribution in [0.1, 0.15) is 26.7 Å². The number of hydrogen-bond acceptors (Lipinski definition) is 2.